The van der Waals surface area contributed by atoms with E-state index in [1.54, 1.807) is 19.2 Å². The molecule has 166 valence electrons. The van der Waals surface area contributed by atoms with E-state index in [0.717, 1.165) is 43.0 Å². The maximum atomic E-state index is 10.6. The van der Waals surface area contributed by atoms with Gasteiger partial charge in [-0.2, -0.15) is 0 Å². The van der Waals surface area contributed by atoms with Crippen LogP contribution in [0, 0.1) is 6.92 Å². The molecule has 1 aliphatic heterocycles. The van der Waals surface area contributed by atoms with Gasteiger partial charge in [0.2, 0.25) is 0 Å². The molecular weight excluding hydrogens is 426 g/mol. The fraction of sp³-hybridized carbons (Fsp3) is 0.250. The predicted molar refractivity (Wildman–Crippen MR) is 129 cm³/mol. The minimum Gasteiger partial charge on any atom is -0.508 e. The Labute approximate surface area is 193 Å². The van der Waals surface area contributed by atoms with E-state index in [1.165, 1.54) is 11.8 Å². The van der Waals surface area contributed by atoms with Gasteiger partial charge in [0.25, 0.3) is 0 Å². The van der Waals surface area contributed by atoms with Gasteiger partial charge in [0.15, 0.2) is 11.5 Å². The molecule has 0 spiro atoms. The summed E-state index contributed by atoms with van der Waals surface area (Å²) in [5.74, 6) is 0.619. The molecule has 2 aromatic heterocycles. The first-order chi connectivity index (χ1) is 15.0. The maximum Gasteiger partial charge on any atom is 0.164 e. The Morgan fingerprint density at radius 2 is 1.56 bits per heavy atom. The van der Waals surface area contributed by atoms with Crippen molar-refractivity contribution in [2.75, 3.05) is 38.1 Å². The van der Waals surface area contributed by atoms with Crippen LogP contribution in [0.5, 0.6) is 11.5 Å². The number of hydrogen-bond donors (Lipinski definition) is 2. The van der Waals surface area contributed by atoms with Gasteiger partial charge in [-0.3, -0.25) is 4.57 Å². The molecule has 1 aliphatic rings. The second kappa shape index (κ2) is 8.68. The lowest BCUT2D eigenvalue weighted by molar-refractivity contribution is 0.313. The molecule has 0 saturated carbocycles. The predicted octanol–water partition coefficient (Wildman–Crippen LogP) is 3.98. The van der Waals surface area contributed by atoms with Crippen molar-refractivity contribution in [1.82, 2.24) is 19.4 Å². The van der Waals surface area contributed by atoms with E-state index < -0.39 is 0 Å². The summed E-state index contributed by atoms with van der Waals surface area (Å²) in [5.41, 5.74) is 4.79. The van der Waals surface area contributed by atoms with Crippen molar-refractivity contribution in [1.29, 1.82) is 0 Å². The number of fused-ring (bicyclic) bond motifs is 1. The number of rotatable bonds is 3. The fourth-order valence-electron chi connectivity index (χ4n) is 4.08. The molecular formula is C24H26ClN5O2. The van der Waals surface area contributed by atoms with E-state index >= 15 is 0 Å². The second-order valence-corrected chi connectivity index (χ2v) is 8.08. The third-order valence-corrected chi connectivity index (χ3v) is 5.95. The van der Waals surface area contributed by atoms with Gasteiger partial charge < -0.3 is 20.0 Å². The summed E-state index contributed by atoms with van der Waals surface area (Å²) in [4.78, 5) is 14.0. The summed E-state index contributed by atoms with van der Waals surface area (Å²) in [7, 11) is 2.15. The molecule has 1 fully saturated rings. The summed E-state index contributed by atoms with van der Waals surface area (Å²) in [6.45, 7) is 5.94. The highest BCUT2D eigenvalue weighted by Crippen LogP contribution is 2.37. The van der Waals surface area contributed by atoms with E-state index in [-0.39, 0.29) is 23.9 Å². The number of aromatic nitrogens is 3. The Kier molecular flexibility index (Phi) is 5.95. The van der Waals surface area contributed by atoms with Crippen LogP contribution in [-0.2, 0) is 0 Å². The zero-order valence-electron chi connectivity index (χ0n) is 18.1. The van der Waals surface area contributed by atoms with Crippen LogP contribution in [0.4, 0.5) is 5.69 Å². The van der Waals surface area contributed by atoms with Crippen molar-refractivity contribution in [3.8, 4) is 28.6 Å². The summed E-state index contributed by atoms with van der Waals surface area (Å²) in [6, 6.07) is 15.3. The average molecular weight is 452 g/mol. The number of piperazine rings is 1. The molecule has 4 aromatic rings. The van der Waals surface area contributed by atoms with Gasteiger partial charge in [-0.1, -0.05) is 0 Å². The number of pyridine rings is 1. The van der Waals surface area contributed by atoms with E-state index in [1.807, 2.05) is 16.7 Å². The zero-order chi connectivity index (χ0) is 21.5. The highest BCUT2D eigenvalue weighted by Gasteiger charge is 2.20. The molecule has 2 aromatic carbocycles. The summed E-state index contributed by atoms with van der Waals surface area (Å²) < 4.78 is 1.95. The Hall–Kier alpha value is -3.29. The quantitative estimate of drug-likeness (QED) is 0.490. The van der Waals surface area contributed by atoms with E-state index in [9.17, 15) is 10.2 Å². The molecule has 0 atom stereocenters. The fourth-order valence-corrected chi connectivity index (χ4v) is 4.08. The van der Waals surface area contributed by atoms with Crippen molar-refractivity contribution in [2.24, 2.45) is 0 Å². The number of phenols is 2. The van der Waals surface area contributed by atoms with Crippen LogP contribution in [0.3, 0.4) is 0 Å². The van der Waals surface area contributed by atoms with Crippen molar-refractivity contribution in [3.63, 3.8) is 0 Å². The van der Waals surface area contributed by atoms with E-state index in [4.69, 9.17) is 4.98 Å². The van der Waals surface area contributed by atoms with Gasteiger partial charge in [-0.05, 0) is 62.0 Å². The third kappa shape index (κ3) is 3.85. The van der Waals surface area contributed by atoms with Crippen molar-refractivity contribution in [3.05, 3.63) is 60.3 Å². The highest BCUT2D eigenvalue weighted by molar-refractivity contribution is 5.85. The first-order valence-electron chi connectivity index (χ1n) is 10.4. The number of hydrogen-bond acceptors (Lipinski definition) is 6. The maximum absolute atomic E-state index is 10.6. The van der Waals surface area contributed by atoms with Crippen LogP contribution in [0.1, 0.15) is 5.56 Å². The Bertz CT molecular complexity index is 1250. The first kappa shape index (κ1) is 21.9. The van der Waals surface area contributed by atoms with Crippen LogP contribution in [0.15, 0.2) is 54.7 Å². The Morgan fingerprint density at radius 1 is 0.875 bits per heavy atom. The van der Waals surface area contributed by atoms with E-state index in [2.05, 4.69) is 46.1 Å². The number of aromatic hydroxyl groups is 2. The molecule has 0 unspecified atom stereocenters. The number of likely N-dealkylation sites (N-methyl/N-ethyl adjacent to an activating group) is 1. The second-order valence-electron chi connectivity index (χ2n) is 8.08. The first-order valence-corrected chi connectivity index (χ1v) is 10.4. The summed E-state index contributed by atoms with van der Waals surface area (Å²) in [5, 5.41) is 20.5. The van der Waals surface area contributed by atoms with Gasteiger partial charge in [0.1, 0.15) is 17.0 Å². The molecule has 0 bridgehead atoms. The largest absolute Gasteiger partial charge is 0.508 e. The molecule has 3 heterocycles. The van der Waals surface area contributed by atoms with Gasteiger partial charge in [-0.15, -0.1) is 12.4 Å². The van der Waals surface area contributed by atoms with Gasteiger partial charge in [0, 0.05) is 49.8 Å². The number of anilines is 1. The van der Waals surface area contributed by atoms with Crippen molar-refractivity contribution in [2.45, 2.75) is 6.92 Å². The van der Waals surface area contributed by atoms with E-state index in [0.29, 0.717) is 17.0 Å². The summed E-state index contributed by atoms with van der Waals surface area (Å²) in [6.07, 6.45) is 1.74. The van der Waals surface area contributed by atoms with Gasteiger partial charge in [0.05, 0.1) is 5.56 Å². The molecule has 32 heavy (non-hydrogen) atoms. The number of halogens is 1. The molecule has 0 amide bonds. The number of imidazole rings is 1. The normalized spacial score (nSPS) is 14.5. The van der Waals surface area contributed by atoms with Crippen LogP contribution < -0.4 is 4.90 Å². The third-order valence-electron chi connectivity index (χ3n) is 5.95. The number of aryl methyl sites for hydroxylation is 1. The van der Waals surface area contributed by atoms with Gasteiger partial charge >= 0.3 is 0 Å². The SMILES string of the molecule is Cc1cc(-c2nc3cccnc3n2-c2ccc(N3CCN(C)CC3)cc2)c(O)cc1O.Cl. The average Bonchev–Trinajstić information content (AvgIpc) is 3.16. The standard InChI is InChI=1S/C24H25N5O2.ClH/c1-16-14-19(22(31)15-21(16)30)23-26-20-4-3-9-25-24(20)29(23)18-7-5-17(6-8-18)28-12-10-27(2)11-13-28;/h3-9,14-15,30-31H,10-13H2,1-2H3;1H. The minimum atomic E-state index is -0.0197. The molecule has 2 N–H and O–H groups in total. The lowest BCUT2D eigenvalue weighted by Crippen LogP contribution is -2.44. The Balaban J connectivity index is 0.00000245. The molecule has 8 heteroatoms. The lowest BCUT2D eigenvalue weighted by Gasteiger charge is -2.34. The van der Waals surface area contributed by atoms with Crippen LogP contribution in [0.2, 0.25) is 0 Å². The molecule has 7 nitrogen and oxygen atoms in total. The lowest BCUT2D eigenvalue weighted by atomic mass is 10.1. The van der Waals surface area contributed by atoms with Crippen LogP contribution >= 0.6 is 12.4 Å². The molecule has 1 saturated heterocycles. The summed E-state index contributed by atoms with van der Waals surface area (Å²) >= 11 is 0. The van der Waals surface area contributed by atoms with Crippen LogP contribution in [-0.4, -0.2) is 62.9 Å². The monoisotopic (exact) mass is 451 g/mol. The number of nitrogens with zero attached hydrogens (tertiary/aromatic N) is 5. The van der Waals surface area contributed by atoms with Crippen LogP contribution in [0.25, 0.3) is 28.2 Å². The molecule has 5 rings (SSSR count). The number of phenolic OH excluding ortho intramolecular Hbond substituents is 2. The Morgan fingerprint density at radius 3 is 2.28 bits per heavy atom. The van der Waals surface area contributed by atoms with Gasteiger partial charge in [-0.25, -0.2) is 9.97 Å². The smallest absolute Gasteiger partial charge is 0.164 e. The molecule has 0 radical (unpaired) electrons. The molecule has 0 aliphatic carbocycles. The minimum absolute atomic E-state index is 0. The highest BCUT2D eigenvalue weighted by atomic mass is 35.5. The van der Waals surface area contributed by atoms with Crippen molar-refractivity contribution >= 4 is 29.3 Å². The van der Waals surface area contributed by atoms with Crippen molar-refractivity contribution < 1.29 is 10.2 Å². The zero-order valence-corrected chi connectivity index (χ0v) is 18.9. The number of benzene rings is 2. The topological polar surface area (TPSA) is 77.7 Å².